The van der Waals surface area contributed by atoms with Gasteiger partial charge < -0.3 is 0 Å². The van der Waals surface area contributed by atoms with Crippen molar-refractivity contribution in [2.75, 3.05) is 18.5 Å². The molecule has 0 fully saturated rings. The molecule has 0 aromatic heterocycles. The molecular formula is C14H20F5O3PS. The molecule has 0 heterocycles. The van der Waals surface area contributed by atoms with Crippen LogP contribution >= 0.6 is 6.83 Å². The van der Waals surface area contributed by atoms with E-state index in [4.69, 9.17) is 3.97 Å². The molecule has 24 heavy (non-hydrogen) atoms. The summed E-state index contributed by atoms with van der Waals surface area (Å²) in [4.78, 5) is 0. The van der Waals surface area contributed by atoms with Crippen molar-refractivity contribution in [3.8, 4) is 0 Å². The van der Waals surface area contributed by atoms with Crippen LogP contribution in [0.4, 0.5) is 22.0 Å². The Morgan fingerprint density at radius 3 is 1.67 bits per heavy atom. The van der Waals surface area contributed by atoms with E-state index in [1.807, 2.05) is 0 Å². The Balaban J connectivity index is 3.62. The SMILES string of the molecule is CCP(CC)(CC)(OS(=O)(=O)C(F)(F)C(F)(F)F)c1ccccc1. The average molecular weight is 394 g/mol. The van der Waals surface area contributed by atoms with Crippen molar-refractivity contribution in [1.29, 1.82) is 0 Å². The number of halogens is 5. The number of hydrogen-bond acceptors (Lipinski definition) is 3. The molecule has 0 aliphatic heterocycles. The Hall–Kier alpha value is -0.790. The zero-order valence-electron chi connectivity index (χ0n) is 13.5. The number of rotatable bonds is 7. The monoisotopic (exact) mass is 394 g/mol. The summed E-state index contributed by atoms with van der Waals surface area (Å²) in [6.45, 7) is 0.591. The summed E-state index contributed by atoms with van der Waals surface area (Å²) < 4.78 is 93.4. The first kappa shape index (κ1) is 21.3. The van der Waals surface area contributed by atoms with E-state index in [0.717, 1.165) is 0 Å². The van der Waals surface area contributed by atoms with Crippen LogP contribution in [0.15, 0.2) is 30.3 Å². The topological polar surface area (TPSA) is 43.4 Å². The van der Waals surface area contributed by atoms with E-state index in [1.54, 1.807) is 39.0 Å². The van der Waals surface area contributed by atoms with Gasteiger partial charge in [-0.05, 0) is 0 Å². The molecule has 0 spiro atoms. The molecule has 0 aliphatic carbocycles. The molecule has 0 saturated carbocycles. The van der Waals surface area contributed by atoms with Gasteiger partial charge in [-0.3, -0.25) is 0 Å². The zero-order valence-corrected chi connectivity index (χ0v) is 15.2. The Kier molecular flexibility index (Phi) is 5.76. The number of hydrogen-bond donors (Lipinski definition) is 0. The quantitative estimate of drug-likeness (QED) is 0.510. The van der Waals surface area contributed by atoms with E-state index in [-0.39, 0.29) is 18.5 Å². The third-order valence-electron chi connectivity index (χ3n) is 4.55. The minimum absolute atomic E-state index is 0.0236. The van der Waals surface area contributed by atoms with E-state index in [9.17, 15) is 30.4 Å². The summed E-state index contributed by atoms with van der Waals surface area (Å²) in [7, 11) is -6.22. The van der Waals surface area contributed by atoms with Crippen LogP contribution in [-0.4, -0.2) is 38.3 Å². The van der Waals surface area contributed by atoms with Gasteiger partial charge >= 0.3 is 138 Å². The summed E-state index contributed by atoms with van der Waals surface area (Å²) in [5, 5.41) is -5.62. The second kappa shape index (κ2) is 6.50. The van der Waals surface area contributed by atoms with Crippen LogP contribution in [0.25, 0.3) is 0 Å². The summed E-state index contributed by atoms with van der Waals surface area (Å²) in [6.07, 6.45) is -6.18. The molecule has 0 atom stereocenters. The minimum atomic E-state index is -6.25. The molecule has 140 valence electrons. The molecule has 3 nitrogen and oxygen atoms in total. The van der Waals surface area contributed by atoms with Gasteiger partial charge in [-0.2, -0.15) is 0 Å². The van der Waals surface area contributed by atoms with Gasteiger partial charge in [0.1, 0.15) is 0 Å². The summed E-state index contributed by atoms with van der Waals surface area (Å²) in [6, 6.07) is 7.78. The van der Waals surface area contributed by atoms with Crippen LogP contribution in [0.5, 0.6) is 0 Å². The van der Waals surface area contributed by atoms with Gasteiger partial charge in [0, 0.05) is 0 Å². The summed E-state index contributed by atoms with van der Waals surface area (Å²) in [5.74, 6) is 0. The van der Waals surface area contributed by atoms with Crippen LogP contribution in [0.2, 0.25) is 0 Å². The molecular weight excluding hydrogens is 374 g/mol. The predicted octanol–water partition coefficient (Wildman–Crippen LogP) is 4.34. The molecule has 0 unspecified atom stereocenters. The second-order valence-electron chi connectivity index (χ2n) is 5.45. The molecule has 0 saturated heterocycles. The van der Waals surface area contributed by atoms with Gasteiger partial charge in [0.05, 0.1) is 0 Å². The molecule has 1 aromatic rings. The fourth-order valence-electron chi connectivity index (χ4n) is 2.67. The first-order valence-electron chi connectivity index (χ1n) is 7.29. The molecule has 10 heteroatoms. The normalized spacial score (nSPS) is 15.8. The molecule has 0 aliphatic rings. The average Bonchev–Trinajstić information content (AvgIpc) is 2.53. The van der Waals surface area contributed by atoms with Crippen LogP contribution in [-0.2, 0) is 14.1 Å². The molecule has 1 rings (SSSR count). The van der Waals surface area contributed by atoms with E-state index in [0.29, 0.717) is 5.30 Å². The van der Waals surface area contributed by atoms with E-state index in [1.165, 1.54) is 12.1 Å². The first-order chi connectivity index (χ1) is 10.8. The summed E-state index contributed by atoms with van der Waals surface area (Å²) in [5.41, 5.74) is 0. The van der Waals surface area contributed by atoms with Crippen LogP contribution in [0.3, 0.4) is 0 Å². The van der Waals surface area contributed by atoms with Gasteiger partial charge in [0.15, 0.2) is 0 Å². The van der Waals surface area contributed by atoms with Crippen molar-refractivity contribution in [2.45, 2.75) is 32.2 Å². The summed E-state index contributed by atoms with van der Waals surface area (Å²) >= 11 is 0. The van der Waals surface area contributed by atoms with E-state index in [2.05, 4.69) is 0 Å². The van der Waals surface area contributed by atoms with E-state index < -0.39 is 28.4 Å². The Morgan fingerprint density at radius 1 is 0.917 bits per heavy atom. The van der Waals surface area contributed by atoms with Crippen molar-refractivity contribution < 1.29 is 34.3 Å². The zero-order chi connectivity index (χ0) is 18.9. The third-order valence-corrected chi connectivity index (χ3v) is 13.8. The molecule has 0 bridgehead atoms. The van der Waals surface area contributed by atoms with Gasteiger partial charge in [-0.25, -0.2) is 0 Å². The Morgan fingerprint density at radius 2 is 1.33 bits per heavy atom. The van der Waals surface area contributed by atoms with Crippen LogP contribution in [0, 0.1) is 0 Å². The first-order valence-corrected chi connectivity index (χ1v) is 11.4. The Labute approximate surface area is 138 Å². The molecule has 1 aromatic carbocycles. The third kappa shape index (κ3) is 3.18. The number of alkyl halides is 5. The fraction of sp³-hybridized carbons (Fsp3) is 0.571. The standard InChI is InChI=1S/C14H20F5O3PS/c1-4-23(5-2,6-3,12-10-8-7-9-11-12)22-24(20,21)14(18,19)13(15,16)17/h7-11H,4-6H2,1-3H3. The molecule has 0 amide bonds. The van der Waals surface area contributed by atoms with Gasteiger partial charge in [0.2, 0.25) is 0 Å². The maximum atomic E-state index is 13.5. The Bertz CT molecular complexity index is 658. The van der Waals surface area contributed by atoms with Crippen molar-refractivity contribution >= 4 is 22.3 Å². The van der Waals surface area contributed by atoms with Crippen molar-refractivity contribution in [3.63, 3.8) is 0 Å². The van der Waals surface area contributed by atoms with Crippen molar-refractivity contribution in [1.82, 2.24) is 0 Å². The van der Waals surface area contributed by atoms with E-state index >= 15 is 0 Å². The maximum absolute atomic E-state index is 13.5. The van der Waals surface area contributed by atoms with Crippen LogP contribution < -0.4 is 5.30 Å². The fourth-order valence-corrected chi connectivity index (χ4v) is 10.4. The van der Waals surface area contributed by atoms with Crippen molar-refractivity contribution in [3.05, 3.63) is 30.3 Å². The van der Waals surface area contributed by atoms with Crippen molar-refractivity contribution in [2.24, 2.45) is 0 Å². The number of benzene rings is 1. The second-order valence-corrected chi connectivity index (χ2v) is 13.1. The van der Waals surface area contributed by atoms with Crippen LogP contribution in [0.1, 0.15) is 20.8 Å². The van der Waals surface area contributed by atoms with Gasteiger partial charge in [-0.15, -0.1) is 0 Å². The van der Waals surface area contributed by atoms with Gasteiger partial charge in [0.25, 0.3) is 0 Å². The molecule has 0 radical (unpaired) electrons. The van der Waals surface area contributed by atoms with Gasteiger partial charge in [-0.1, -0.05) is 0 Å². The predicted molar refractivity (Wildman–Crippen MR) is 85.6 cm³/mol. The molecule has 0 N–H and O–H groups in total.